The van der Waals surface area contributed by atoms with Crippen LogP contribution in [0.5, 0.6) is 11.5 Å². The molecule has 1 saturated carbocycles. The van der Waals surface area contributed by atoms with Crippen molar-refractivity contribution < 1.29 is 9.47 Å². The molecule has 0 amide bonds. The quantitative estimate of drug-likeness (QED) is 0.856. The standard InChI is InChI=1S/C16H23N3O2/c17-13-9-15-16(21-8-7-20-15)10-14(13)19-5-3-18(4-6-19)11-12-1-2-12/h9-10,12H,1-8,11,17H2. The summed E-state index contributed by atoms with van der Waals surface area (Å²) in [4.78, 5) is 4.96. The van der Waals surface area contributed by atoms with Gasteiger partial charge in [0.25, 0.3) is 0 Å². The lowest BCUT2D eigenvalue weighted by Gasteiger charge is -2.37. The highest BCUT2D eigenvalue weighted by molar-refractivity contribution is 5.73. The first-order valence-electron chi connectivity index (χ1n) is 7.96. The van der Waals surface area contributed by atoms with Gasteiger partial charge in [0.2, 0.25) is 0 Å². The van der Waals surface area contributed by atoms with Gasteiger partial charge in [-0.15, -0.1) is 0 Å². The summed E-state index contributed by atoms with van der Waals surface area (Å²) in [5.41, 5.74) is 8.09. The van der Waals surface area contributed by atoms with Gasteiger partial charge in [0, 0.05) is 44.9 Å². The third-order valence-electron chi connectivity index (χ3n) is 4.62. The Balaban J connectivity index is 1.46. The van der Waals surface area contributed by atoms with Crippen LogP contribution in [0.15, 0.2) is 12.1 Å². The minimum Gasteiger partial charge on any atom is -0.486 e. The number of ether oxygens (including phenoxy) is 2. The van der Waals surface area contributed by atoms with Gasteiger partial charge in [0.15, 0.2) is 11.5 Å². The van der Waals surface area contributed by atoms with Crippen molar-refractivity contribution in [3.63, 3.8) is 0 Å². The van der Waals surface area contributed by atoms with E-state index >= 15 is 0 Å². The summed E-state index contributed by atoms with van der Waals surface area (Å²) in [7, 11) is 0. The Hall–Kier alpha value is -1.62. The number of nitrogens with zero attached hydrogens (tertiary/aromatic N) is 2. The summed E-state index contributed by atoms with van der Waals surface area (Å²) < 4.78 is 11.3. The van der Waals surface area contributed by atoms with E-state index in [4.69, 9.17) is 15.2 Å². The van der Waals surface area contributed by atoms with Crippen LogP contribution in [-0.2, 0) is 0 Å². The molecule has 0 unspecified atom stereocenters. The molecule has 2 aliphatic heterocycles. The Labute approximate surface area is 125 Å². The van der Waals surface area contributed by atoms with Gasteiger partial charge in [-0.05, 0) is 18.8 Å². The van der Waals surface area contributed by atoms with Crippen LogP contribution in [0.3, 0.4) is 0 Å². The van der Waals surface area contributed by atoms with E-state index in [1.165, 1.54) is 19.4 Å². The second-order valence-corrected chi connectivity index (χ2v) is 6.29. The number of nitrogens with two attached hydrogens (primary N) is 1. The lowest BCUT2D eigenvalue weighted by Crippen LogP contribution is -2.47. The number of rotatable bonds is 3. The molecule has 21 heavy (non-hydrogen) atoms. The average Bonchev–Trinajstić information content (AvgIpc) is 3.31. The summed E-state index contributed by atoms with van der Waals surface area (Å²) in [6, 6.07) is 3.95. The smallest absolute Gasteiger partial charge is 0.163 e. The molecular weight excluding hydrogens is 266 g/mol. The van der Waals surface area contributed by atoms with Gasteiger partial charge in [-0.3, -0.25) is 4.90 Å². The molecule has 1 aromatic carbocycles. The van der Waals surface area contributed by atoms with Crippen LogP contribution in [0, 0.1) is 5.92 Å². The largest absolute Gasteiger partial charge is 0.486 e. The first-order valence-corrected chi connectivity index (χ1v) is 7.96. The molecule has 114 valence electrons. The van der Waals surface area contributed by atoms with Crippen LogP contribution in [0.1, 0.15) is 12.8 Å². The van der Waals surface area contributed by atoms with Crippen molar-refractivity contribution in [2.24, 2.45) is 5.92 Å². The summed E-state index contributed by atoms with van der Waals surface area (Å²) >= 11 is 0. The lowest BCUT2D eigenvalue weighted by atomic mass is 10.2. The Kier molecular flexibility index (Phi) is 3.30. The summed E-state index contributed by atoms with van der Waals surface area (Å²) in [5, 5.41) is 0. The third-order valence-corrected chi connectivity index (χ3v) is 4.62. The highest BCUT2D eigenvalue weighted by Crippen LogP contribution is 2.39. The first kappa shape index (κ1) is 13.1. The molecule has 0 atom stereocenters. The van der Waals surface area contributed by atoms with Crippen LogP contribution >= 0.6 is 0 Å². The maximum absolute atomic E-state index is 6.21. The third kappa shape index (κ3) is 2.75. The van der Waals surface area contributed by atoms with Gasteiger partial charge in [0.05, 0.1) is 11.4 Å². The maximum Gasteiger partial charge on any atom is 0.163 e. The maximum atomic E-state index is 6.21. The predicted molar refractivity (Wildman–Crippen MR) is 83.2 cm³/mol. The topological polar surface area (TPSA) is 51.0 Å². The first-order chi connectivity index (χ1) is 10.3. The highest BCUT2D eigenvalue weighted by Gasteiger charge is 2.27. The number of nitrogen functional groups attached to an aromatic ring is 1. The number of hydrogen-bond donors (Lipinski definition) is 1. The van der Waals surface area contributed by atoms with Crippen molar-refractivity contribution in [3.8, 4) is 11.5 Å². The molecule has 1 aliphatic carbocycles. The molecule has 3 aliphatic rings. The van der Waals surface area contributed by atoms with Gasteiger partial charge in [0.1, 0.15) is 13.2 Å². The fraction of sp³-hybridized carbons (Fsp3) is 0.625. The second-order valence-electron chi connectivity index (χ2n) is 6.29. The average molecular weight is 289 g/mol. The van der Waals surface area contributed by atoms with Crippen LogP contribution in [0.2, 0.25) is 0 Å². The summed E-state index contributed by atoms with van der Waals surface area (Å²) in [6.07, 6.45) is 2.85. The van der Waals surface area contributed by atoms with Crippen molar-refractivity contribution in [2.45, 2.75) is 12.8 Å². The molecule has 0 radical (unpaired) electrons. The van der Waals surface area contributed by atoms with Crippen molar-refractivity contribution in [3.05, 3.63) is 12.1 Å². The Morgan fingerprint density at radius 3 is 2.33 bits per heavy atom. The van der Waals surface area contributed by atoms with E-state index in [1.54, 1.807) is 0 Å². The molecule has 1 aromatic rings. The van der Waals surface area contributed by atoms with E-state index in [9.17, 15) is 0 Å². The molecule has 2 fully saturated rings. The van der Waals surface area contributed by atoms with E-state index in [0.717, 1.165) is 55.0 Å². The zero-order valence-electron chi connectivity index (χ0n) is 12.4. The number of anilines is 2. The number of piperazine rings is 1. The van der Waals surface area contributed by atoms with E-state index in [1.807, 2.05) is 12.1 Å². The molecule has 2 N–H and O–H groups in total. The Bertz CT molecular complexity index is 522. The van der Waals surface area contributed by atoms with E-state index in [0.29, 0.717) is 13.2 Å². The van der Waals surface area contributed by atoms with Gasteiger partial charge >= 0.3 is 0 Å². The van der Waals surface area contributed by atoms with Crippen molar-refractivity contribution in [2.75, 3.05) is 56.6 Å². The monoisotopic (exact) mass is 289 g/mol. The number of fused-ring (bicyclic) bond motifs is 1. The van der Waals surface area contributed by atoms with Crippen molar-refractivity contribution in [1.29, 1.82) is 0 Å². The van der Waals surface area contributed by atoms with Crippen LogP contribution in [0.4, 0.5) is 11.4 Å². The zero-order valence-corrected chi connectivity index (χ0v) is 12.4. The molecule has 0 aromatic heterocycles. The van der Waals surface area contributed by atoms with Gasteiger partial charge in [-0.25, -0.2) is 0 Å². The Morgan fingerprint density at radius 1 is 1.00 bits per heavy atom. The minimum atomic E-state index is 0.603. The molecule has 4 rings (SSSR count). The van der Waals surface area contributed by atoms with E-state index in [-0.39, 0.29) is 0 Å². The minimum absolute atomic E-state index is 0.603. The fourth-order valence-electron chi connectivity index (χ4n) is 3.20. The number of benzene rings is 1. The summed E-state index contributed by atoms with van der Waals surface area (Å²) in [5.74, 6) is 2.57. The van der Waals surface area contributed by atoms with E-state index < -0.39 is 0 Å². The Morgan fingerprint density at radius 2 is 1.67 bits per heavy atom. The second kappa shape index (κ2) is 5.30. The van der Waals surface area contributed by atoms with Crippen LogP contribution < -0.4 is 20.1 Å². The normalized spacial score (nSPS) is 22.4. The van der Waals surface area contributed by atoms with Crippen LogP contribution in [-0.4, -0.2) is 50.8 Å². The molecule has 5 heteroatoms. The predicted octanol–water partition coefficient (Wildman–Crippen LogP) is 1.57. The van der Waals surface area contributed by atoms with E-state index in [2.05, 4.69) is 9.80 Å². The molecular formula is C16H23N3O2. The zero-order chi connectivity index (χ0) is 14.2. The summed E-state index contributed by atoms with van der Waals surface area (Å²) in [6.45, 7) is 6.84. The van der Waals surface area contributed by atoms with Crippen molar-refractivity contribution in [1.82, 2.24) is 4.90 Å². The van der Waals surface area contributed by atoms with Gasteiger partial charge in [-0.2, -0.15) is 0 Å². The molecule has 2 heterocycles. The lowest BCUT2D eigenvalue weighted by molar-refractivity contribution is 0.171. The molecule has 5 nitrogen and oxygen atoms in total. The molecule has 1 saturated heterocycles. The number of hydrogen-bond acceptors (Lipinski definition) is 5. The van der Waals surface area contributed by atoms with Gasteiger partial charge in [-0.1, -0.05) is 0 Å². The molecule has 0 spiro atoms. The SMILES string of the molecule is Nc1cc2c(cc1N1CCN(CC3CC3)CC1)OCCO2. The van der Waals surface area contributed by atoms with Crippen LogP contribution in [0.25, 0.3) is 0 Å². The highest BCUT2D eigenvalue weighted by atomic mass is 16.6. The fourth-order valence-corrected chi connectivity index (χ4v) is 3.20. The van der Waals surface area contributed by atoms with Crippen molar-refractivity contribution >= 4 is 11.4 Å². The molecule has 0 bridgehead atoms. The van der Waals surface area contributed by atoms with Gasteiger partial charge < -0.3 is 20.1 Å².